The Morgan fingerprint density at radius 3 is 2.27 bits per heavy atom. The van der Waals surface area contributed by atoms with Gasteiger partial charge in [0.1, 0.15) is 6.04 Å². The van der Waals surface area contributed by atoms with E-state index in [1.165, 1.54) is 12.1 Å². The Morgan fingerprint density at radius 1 is 0.933 bits per heavy atom. The molecule has 2 N–H and O–H groups in total. The molecular formula is C22H20Cl2N2O3S. The highest BCUT2D eigenvalue weighted by atomic mass is 35.5. The van der Waals surface area contributed by atoms with Crippen LogP contribution in [-0.4, -0.2) is 20.4 Å². The van der Waals surface area contributed by atoms with Gasteiger partial charge in [-0.15, -0.1) is 0 Å². The van der Waals surface area contributed by atoms with Gasteiger partial charge in [0.25, 0.3) is 0 Å². The molecule has 0 aliphatic carbocycles. The molecule has 0 aromatic heterocycles. The van der Waals surface area contributed by atoms with Crippen LogP contribution in [0.2, 0.25) is 10.0 Å². The molecule has 0 saturated heterocycles. The van der Waals surface area contributed by atoms with E-state index in [1.54, 1.807) is 30.3 Å². The third kappa shape index (κ3) is 5.61. The number of rotatable bonds is 7. The van der Waals surface area contributed by atoms with Crippen molar-refractivity contribution < 1.29 is 13.2 Å². The van der Waals surface area contributed by atoms with Gasteiger partial charge < -0.3 is 5.32 Å². The topological polar surface area (TPSA) is 75.3 Å². The molecule has 0 radical (unpaired) electrons. The van der Waals surface area contributed by atoms with Gasteiger partial charge in [0.15, 0.2) is 0 Å². The standard InChI is InChI=1S/C22H20Cl2N2O3S/c1-15-10-12-17(13-11-15)30(28,29)26-20(14-16-6-3-2-4-7-16)22(27)25-19-9-5-8-18(23)21(19)24/h2-13,20,26H,14H2,1H3,(H,25,27)/t20-/m0/s1. The molecule has 1 atom stereocenters. The van der Waals surface area contributed by atoms with Crippen LogP contribution in [0.15, 0.2) is 77.7 Å². The van der Waals surface area contributed by atoms with Crippen LogP contribution in [0.3, 0.4) is 0 Å². The van der Waals surface area contributed by atoms with E-state index in [0.29, 0.717) is 5.69 Å². The highest BCUT2D eigenvalue weighted by molar-refractivity contribution is 7.89. The highest BCUT2D eigenvalue weighted by Gasteiger charge is 2.26. The molecule has 0 spiro atoms. The Kier molecular flexibility index (Phi) is 7.15. The van der Waals surface area contributed by atoms with Crippen LogP contribution in [0.1, 0.15) is 11.1 Å². The van der Waals surface area contributed by atoms with E-state index in [-0.39, 0.29) is 21.4 Å². The summed E-state index contributed by atoms with van der Waals surface area (Å²) in [6, 6.07) is 19.3. The van der Waals surface area contributed by atoms with Crippen molar-refractivity contribution in [3.05, 3.63) is 94.0 Å². The predicted octanol–water partition coefficient (Wildman–Crippen LogP) is 4.83. The van der Waals surface area contributed by atoms with Crippen molar-refractivity contribution in [1.29, 1.82) is 0 Å². The second kappa shape index (κ2) is 9.62. The zero-order chi connectivity index (χ0) is 21.7. The van der Waals surface area contributed by atoms with Gasteiger partial charge in [0.05, 0.1) is 20.6 Å². The maximum Gasteiger partial charge on any atom is 0.242 e. The van der Waals surface area contributed by atoms with Crippen LogP contribution in [0.4, 0.5) is 5.69 Å². The molecule has 3 aromatic rings. The third-order valence-electron chi connectivity index (χ3n) is 4.44. The van der Waals surface area contributed by atoms with Gasteiger partial charge in [0.2, 0.25) is 15.9 Å². The number of hydrogen-bond donors (Lipinski definition) is 2. The van der Waals surface area contributed by atoms with Crippen molar-refractivity contribution in [3.8, 4) is 0 Å². The van der Waals surface area contributed by atoms with Crippen LogP contribution in [-0.2, 0) is 21.2 Å². The van der Waals surface area contributed by atoms with E-state index in [0.717, 1.165) is 11.1 Å². The summed E-state index contributed by atoms with van der Waals surface area (Å²) in [7, 11) is -3.92. The number of benzene rings is 3. The molecule has 156 valence electrons. The number of hydrogen-bond acceptors (Lipinski definition) is 3. The zero-order valence-electron chi connectivity index (χ0n) is 16.1. The molecule has 0 unspecified atom stereocenters. The summed E-state index contributed by atoms with van der Waals surface area (Å²) in [5.41, 5.74) is 2.05. The van der Waals surface area contributed by atoms with Crippen molar-refractivity contribution >= 4 is 44.8 Å². The van der Waals surface area contributed by atoms with Crippen molar-refractivity contribution in [2.75, 3.05) is 5.32 Å². The Morgan fingerprint density at radius 2 is 1.60 bits per heavy atom. The molecule has 0 heterocycles. The largest absolute Gasteiger partial charge is 0.323 e. The fourth-order valence-corrected chi connectivity index (χ4v) is 4.37. The lowest BCUT2D eigenvalue weighted by molar-refractivity contribution is -0.117. The normalized spacial score (nSPS) is 12.4. The smallest absolute Gasteiger partial charge is 0.242 e. The minimum atomic E-state index is -3.92. The van der Waals surface area contributed by atoms with E-state index in [1.807, 2.05) is 37.3 Å². The molecule has 5 nitrogen and oxygen atoms in total. The maximum atomic E-state index is 13.0. The second-order valence-corrected chi connectivity index (χ2v) is 9.27. The fraction of sp³-hybridized carbons (Fsp3) is 0.136. The van der Waals surface area contributed by atoms with Crippen LogP contribution in [0, 0.1) is 6.92 Å². The molecule has 0 saturated carbocycles. The molecular weight excluding hydrogens is 443 g/mol. The summed E-state index contributed by atoms with van der Waals surface area (Å²) in [6.07, 6.45) is 0.163. The molecule has 8 heteroatoms. The molecule has 0 aliphatic rings. The van der Waals surface area contributed by atoms with E-state index in [4.69, 9.17) is 23.2 Å². The van der Waals surface area contributed by atoms with Crippen LogP contribution in [0.25, 0.3) is 0 Å². The lowest BCUT2D eigenvalue weighted by atomic mass is 10.1. The summed E-state index contributed by atoms with van der Waals surface area (Å²) in [5.74, 6) is -0.543. The quantitative estimate of drug-likeness (QED) is 0.527. The van der Waals surface area contributed by atoms with Gasteiger partial charge >= 0.3 is 0 Å². The van der Waals surface area contributed by atoms with Crippen LogP contribution >= 0.6 is 23.2 Å². The molecule has 0 aliphatic heterocycles. The molecule has 30 heavy (non-hydrogen) atoms. The molecule has 0 bridgehead atoms. The fourth-order valence-electron chi connectivity index (χ4n) is 2.83. The molecule has 1 amide bonds. The summed E-state index contributed by atoms with van der Waals surface area (Å²) < 4.78 is 28.3. The zero-order valence-corrected chi connectivity index (χ0v) is 18.4. The molecule has 3 aromatic carbocycles. The van der Waals surface area contributed by atoms with Gasteiger partial charge in [-0.1, -0.05) is 77.3 Å². The summed E-state index contributed by atoms with van der Waals surface area (Å²) in [4.78, 5) is 13.1. The van der Waals surface area contributed by atoms with Gasteiger partial charge in [-0.2, -0.15) is 4.72 Å². The Balaban J connectivity index is 1.88. The minimum Gasteiger partial charge on any atom is -0.323 e. The summed E-state index contributed by atoms with van der Waals surface area (Å²) in [5, 5.41) is 3.15. The first-order valence-electron chi connectivity index (χ1n) is 9.14. The number of anilines is 1. The average molecular weight is 463 g/mol. The summed E-state index contributed by atoms with van der Waals surface area (Å²) >= 11 is 12.2. The van der Waals surface area contributed by atoms with Gasteiger partial charge in [-0.05, 0) is 43.2 Å². The van der Waals surface area contributed by atoms with Gasteiger partial charge in [0, 0.05) is 0 Å². The number of aryl methyl sites for hydroxylation is 1. The Bertz CT molecular complexity index is 1130. The Labute approximate surface area is 186 Å². The van der Waals surface area contributed by atoms with Crippen LogP contribution < -0.4 is 10.0 Å². The van der Waals surface area contributed by atoms with Gasteiger partial charge in [-0.3, -0.25) is 4.79 Å². The minimum absolute atomic E-state index is 0.0831. The number of nitrogens with one attached hydrogen (secondary N) is 2. The Hall–Kier alpha value is -2.38. The maximum absolute atomic E-state index is 13.0. The van der Waals surface area contributed by atoms with Crippen molar-refractivity contribution in [1.82, 2.24) is 4.72 Å². The average Bonchev–Trinajstić information content (AvgIpc) is 2.72. The third-order valence-corrected chi connectivity index (χ3v) is 6.74. The monoisotopic (exact) mass is 462 g/mol. The summed E-state index contributed by atoms with van der Waals surface area (Å²) in [6.45, 7) is 1.87. The first kappa shape index (κ1) is 22.3. The number of carbonyl (C=O) groups is 1. The van der Waals surface area contributed by atoms with Crippen molar-refractivity contribution in [2.45, 2.75) is 24.3 Å². The highest BCUT2D eigenvalue weighted by Crippen LogP contribution is 2.29. The van der Waals surface area contributed by atoms with Crippen molar-refractivity contribution in [3.63, 3.8) is 0 Å². The van der Waals surface area contributed by atoms with E-state index < -0.39 is 22.0 Å². The SMILES string of the molecule is Cc1ccc(S(=O)(=O)N[C@@H](Cc2ccccc2)C(=O)Nc2cccc(Cl)c2Cl)cc1. The lowest BCUT2D eigenvalue weighted by Gasteiger charge is -2.19. The lowest BCUT2D eigenvalue weighted by Crippen LogP contribution is -2.45. The number of sulfonamides is 1. The predicted molar refractivity (Wildman–Crippen MR) is 121 cm³/mol. The van der Waals surface area contributed by atoms with E-state index >= 15 is 0 Å². The first-order chi connectivity index (χ1) is 14.3. The van der Waals surface area contributed by atoms with Crippen molar-refractivity contribution in [2.24, 2.45) is 0 Å². The first-order valence-corrected chi connectivity index (χ1v) is 11.4. The number of carbonyl (C=O) groups excluding carboxylic acids is 1. The molecule has 0 fully saturated rings. The van der Waals surface area contributed by atoms with Crippen LogP contribution in [0.5, 0.6) is 0 Å². The number of halogens is 2. The van der Waals surface area contributed by atoms with E-state index in [2.05, 4.69) is 10.0 Å². The molecule has 3 rings (SSSR count). The van der Waals surface area contributed by atoms with E-state index in [9.17, 15) is 13.2 Å². The number of amides is 1. The second-order valence-electron chi connectivity index (χ2n) is 6.77. The van der Waals surface area contributed by atoms with Gasteiger partial charge in [-0.25, -0.2) is 8.42 Å².